The predicted octanol–water partition coefficient (Wildman–Crippen LogP) is 4.10. The van der Waals surface area contributed by atoms with E-state index in [0.29, 0.717) is 36.5 Å². The summed E-state index contributed by atoms with van der Waals surface area (Å²) in [6, 6.07) is 10.3. The maximum atomic E-state index is 12.7. The molecule has 1 saturated heterocycles. The summed E-state index contributed by atoms with van der Waals surface area (Å²) >= 11 is 1.44. The van der Waals surface area contributed by atoms with E-state index in [1.165, 1.54) is 11.3 Å². The first-order chi connectivity index (χ1) is 12.9. The second-order valence-corrected chi connectivity index (χ2v) is 8.21. The van der Waals surface area contributed by atoms with E-state index in [1.54, 1.807) is 11.8 Å². The molecule has 0 atom stereocenters. The molecule has 2 heterocycles. The van der Waals surface area contributed by atoms with E-state index in [9.17, 15) is 14.9 Å². The lowest BCUT2D eigenvalue weighted by Gasteiger charge is -2.30. The van der Waals surface area contributed by atoms with Crippen molar-refractivity contribution in [2.24, 2.45) is 5.92 Å². The SMILES string of the molecule is CC(=O)N1CCC(C(=O)Nc2sc(C)c(-c3ccc(C)cc3)c2C#N)CC1. The molecule has 1 fully saturated rings. The zero-order valence-corrected chi connectivity index (χ0v) is 16.7. The lowest BCUT2D eigenvalue weighted by atomic mass is 9.95. The van der Waals surface area contributed by atoms with Crippen molar-refractivity contribution in [3.8, 4) is 17.2 Å². The highest BCUT2D eigenvalue weighted by Crippen LogP contribution is 2.39. The molecule has 3 rings (SSSR count). The van der Waals surface area contributed by atoms with Crippen molar-refractivity contribution in [3.05, 3.63) is 40.3 Å². The van der Waals surface area contributed by atoms with E-state index >= 15 is 0 Å². The van der Waals surface area contributed by atoms with Crippen molar-refractivity contribution in [1.29, 1.82) is 5.26 Å². The number of thiophene rings is 1. The van der Waals surface area contributed by atoms with Crippen LogP contribution in [-0.4, -0.2) is 29.8 Å². The summed E-state index contributed by atoms with van der Waals surface area (Å²) in [5.74, 6) is -0.138. The number of amides is 2. The molecule has 140 valence electrons. The third-order valence-electron chi connectivity index (χ3n) is 5.08. The van der Waals surface area contributed by atoms with Gasteiger partial charge in [-0.25, -0.2) is 0 Å². The maximum Gasteiger partial charge on any atom is 0.228 e. The average Bonchev–Trinajstić information content (AvgIpc) is 2.97. The molecular formula is C21H23N3O2S. The first kappa shape index (κ1) is 19.1. The van der Waals surface area contributed by atoms with E-state index in [-0.39, 0.29) is 17.7 Å². The van der Waals surface area contributed by atoms with Crippen LogP contribution in [0.25, 0.3) is 11.1 Å². The van der Waals surface area contributed by atoms with Gasteiger partial charge in [-0.1, -0.05) is 29.8 Å². The second-order valence-electron chi connectivity index (χ2n) is 6.98. The minimum Gasteiger partial charge on any atom is -0.343 e. The topological polar surface area (TPSA) is 73.2 Å². The Bertz CT molecular complexity index is 901. The van der Waals surface area contributed by atoms with Gasteiger partial charge in [0.1, 0.15) is 11.1 Å². The fourth-order valence-corrected chi connectivity index (χ4v) is 4.51. The first-order valence-electron chi connectivity index (χ1n) is 9.07. The summed E-state index contributed by atoms with van der Waals surface area (Å²) in [5, 5.41) is 13.3. The highest BCUT2D eigenvalue weighted by atomic mass is 32.1. The Kier molecular flexibility index (Phi) is 5.62. The Hall–Kier alpha value is -2.65. The monoisotopic (exact) mass is 381 g/mol. The minimum absolute atomic E-state index is 0.0530. The fourth-order valence-electron chi connectivity index (χ4n) is 3.48. The number of rotatable bonds is 3. The normalized spacial score (nSPS) is 14.7. The van der Waals surface area contributed by atoms with Crippen LogP contribution in [0.5, 0.6) is 0 Å². The standard InChI is InChI=1S/C21H23N3O2S/c1-13-4-6-16(7-5-13)19-14(2)27-21(18(19)12-22)23-20(26)17-8-10-24(11-9-17)15(3)25/h4-7,17H,8-11H2,1-3H3,(H,23,26). The molecule has 5 nitrogen and oxygen atoms in total. The van der Waals surface area contributed by atoms with Crippen LogP contribution in [0.3, 0.4) is 0 Å². The Balaban J connectivity index is 1.79. The smallest absolute Gasteiger partial charge is 0.228 e. The number of carbonyl (C=O) groups excluding carboxylic acids is 2. The minimum atomic E-state index is -0.127. The Morgan fingerprint density at radius 3 is 2.37 bits per heavy atom. The molecule has 0 bridgehead atoms. The molecule has 1 aromatic carbocycles. The second kappa shape index (κ2) is 7.93. The van der Waals surface area contributed by atoms with Gasteiger partial charge in [0.2, 0.25) is 11.8 Å². The Morgan fingerprint density at radius 2 is 1.81 bits per heavy atom. The highest BCUT2D eigenvalue weighted by Gasteiger charge is 2.27. The number of carbonyl (C=O) groups is 2. The Morgan fingerprint density at radius 1 is 1.19 bits per heavy atom. The number of likely N-dealkylation sites (tertiary alicyclic amines) is 1. The number of nitrogens with one attached hydrogen (secondary N) is 1. The molecule has 6 heteroatoms. The van der Waals surface area contributed by atoms with Gasteiger partial charge >= 0.3 is 0 Å². The Labute approximate surface area is 163 Å². The van der Waals surface area contributed by atoms with E-state index in [4.69, 9.17) is 0 Å². The molecule has 27 heavy (non-hydrogen) atoms. The van der Waals surface area contributed by atoms with Gasteiger partial charge in [-0.05, 0) is 32.3 Å². The van der Waals surface area contributed by atoms with Crippen LogP contribution < -0.4 is 5.32 Å². The molecular weight excluding hydrogens is 358 g/mol. The van der Waals surface area contributed by atoms with E-state index in [2.05, 4.69) is 11.4 Å². The number of anilines is 1. The fraction of sp³-hybridized carbons (Fsp3) is 0.381. The van der Waals surface area contributed by atoms with Crippen LogP contribution >= 0.6 is 11.3 Å². The molecule has 1 aliphatic rings. The number of aryl methyl sites for hydroxylation is 2. The van der Waals surface area contributed by atoms with Crippen molar-refractivity contribution in [1.82, 2.24) is 4.90 Å². The number of hydrogen-bond acceptors (Lipinski definition) is 4. The van der Waals surface area contributed by atoms with Crippen molar-refractivity contribution in [2.45, 2.75) is 33.6 Å². The van der Waals surface area contributed by atoms with Gasteiger partial charge in [0.15, 0.2) is 0 Å². The molecule has 0 spiro atoms. The van der Waals surface area contributed by atoms with Gasteiger partial charge < -0.3 is 10.2 Å². The number of piperidine rings is 1. The summed E-state index contributed by atoms with van der Waals surface area (Å²) in [5.41, 5.74) is 3.57. The van der Waals surface area contributed by atoms with E-state index in [1.807, 2.05) is 38.1 Å². The summed E-state index contributed by atoms with van der Waals surface area (Å²) in [4.78, 5) is 26.9. The molecule has 0 aliphatic carbocycles. The summed E-state index contributed by atoms with van der Waals surface area (Å²) < 4.78 is 0. The predicted molar refractivity (Wildman–Crippen MR) is 108 cm³/mol. The summed E-state index contributed by atoms with van der Waals surface area (Å²) in [6.45, 7) is 6.77. The first-order valence-corrected chi connectivity index (χ1v) is 9.89. The molecule has 2 amide bonds. The largest absolute Gasteiger partial charge is 0.343 e. The number of benzene rings is 1. The quantitative estimate of drug-likeness (QED) is 0.870. The molecule has 0 saturated carbocycles. The van der Waals surface area contributed by atoms with Gasteiger partial charge in [-0.2, -0.15) is 5.26 Å². The molecule has 1 N–H and O–H groups in total. The number of nitrogens with zero attached hydrogens (tertiary/aromatic N) is 2. The molecule has 2 aromatic rings. The van der Waals surface area contributed by atoms with E-state index < -0.39 is 0 Å². The van der Waals surface area contributed by atoms with Crippen molar-refractivity contribution < 1.29 is 9.59 Å². The highest BCUT2D eigenvalue weighted by molar-refractivity contribution is 7.17. The number of nitriles is 1. The number of hydrogen-bond donors (Lipinski definition) is 1. The van der Waals surface area contributed by atoms with Gasteiger partial charge in [-0.15, -0.1) is 11.3 Å². The average molecular weight is 382 g/mol. The van der Waals surface area contributed by atoms with Crippen LogP contribution in [0.2, 0.25) is 0 Å². The molecule has 0 unspecified atom stereocenters. The summed E-state index contributed by atoms with van der Waals surface area (Å²) in [7, 11) is 0. The van der Waals surface area contributed by atoms with E-state index in [0.717, 1.165) is 21.6 Å². The molecule has 1 aliphatic heterocycles. The van der Waals surface area contributed by atoms with Crippen molar-refractivity contribution >= 4 is 28.2 Å². The van der Waals surface area contributed by atoms with Crippen LogP contribution in [0.15, 0.2) is 24.3 Å². The van der Waals surface area contributed by atoms with Crippen LogP contribution in [-0.2, 0) is 9.59 Å². The summed E-state index contributed by atoms with van der Waals surface area (Å²) in [6.07, 6.45) is 1.31. The van der Waals surface area contributed by atoms with Crippen LogP contribution in [0.1, 0.15) is 35.8 Å². The van der Waals surface area contributed by atoms with Crippen LogP contribution in [0, 0.1) is 31.1 Å². The third-order valence-corrected chi connectivity index (χ3v) is 6.10. The zero-order chi connectivity index (χ0) is 19.6. The zero-order valence-electron chi connectivity index (χ0n) is 15.8. The third kappa shape index (κ3) is 4.04. The molecule has 0 radical (unpaired) electrons. The maximum absolute atomic E-state index is 12.7. The van der Waals surface area contributed by atoms with Gasteiger partial charge in [0.25, 0.3) is 0 Å². The van der Waals surface area contributed by atoms with Gasteiger partial charge in [0.05, 0.1) is 5.56 Å². The lowest BCUT2D eigenvalue weighted by molar-refractivity contribution is -0.132. The lowest BCUT2D eigenvalue weighted by Crippen LogP contribution is -2.40. The van der Waals surface area contributed by atoms with Gasteiger partial charge in [0, 0.05) is 36.4 Å². The van der Waals surface area contributed by atoms with Crippen LogP contribution in [0.4, 0.5) is 5.00 Å². The van der Waals surface area contributed by atoms with Gasteiger partial charge in [-0.3, -0.25) is 9.59 Å². The molecule has 1 aromatic heterocycles. The van der Waals surface area contributed by atoms with Crippen molar-refractivity contribution in [2.75, 3.05) is 18.4 Å². The van der Waals surface area contributed by atoms with Crippen molar-refractivity contribution in [3.63, 3.8) is 0 Å².